The molecule has 18 heavy (non-hydrogen) atoms. The van der Waals surface area contributed by atoms with Gasteiger partial charge in [0.2, 0.25) is 0 Å². The SMILES string of the molecule is CN(CC1CCCCO1)c1cccc(Br)c1CN. The van der Waals surface area contributed by atoms with Crippen molar-refractivity contribution >= 4 is 21.6 Å². The molecule has 0 aliphatic carbocycles. The summed E-state index contributed by atoms with van der Waals surface area (Å²) in [5, 5.41) is 0. The van der Waals surface area contributed by atoms with E-state index in [-0.39, 0.29) is 0 Å². The summed E-state index contributed by atoms with van der Waals surface area (Å²) >= 11 is 3.56. The van der Waals surface area contributed by atoms with Gasteiger partial charge in [0.25, 0.3) is 0 Å². The van der Waals surface area contributed by atoms with E-state index in [0.29, 0.717) is 12.6 Å². The smallest absolute Gasteiger partial charge is 0.0749 e. The van der Waals surface area contributed by atoms with Crippen molar-refractivity contribution in [1.82, 2.24) is 0 Å². The van der Waals surface area contributed by atoms with Gasteiger partial charge in [-0.3, -0.25) is 0 Å². The zero-order chi connectivity index (χ0) is 13.0. The maximum absolute atomic E-state index is 5.83. The number of ether oxygens (including phenoxy) is 1. The molecule has 2 rings (SSSR count). The Morgan fingerprint density at radius 1 is 1.44 bits per heavy atom. The second-order valence-electron chi connectivity index (χ2n) is 4.81. The Balaban J connectivity index is 2.07. The summed E-state index contributed by atoms with van der Waals surface area (Å²) in [6.07, 6.45) is 4.00. The molecule has 0 bridgehead atoms. The van der Waals surface area contributed by atoms with Gasteiger partial charge >= 0.3 is 0 Å². The third kappa shape index (κ3) is 3.25. The molecule has 1 aliphatic rings. The van der Waals surface area contributed by atoms with E-state index in [2.05, 4.69) is 40.0 Å². The van der Waals surface area contributed by atoms with Crippen LogP contribution in [-0.4, -0.2) is 26.3 Å². The standard InChI is InChI=1S/C14H21BrN2O/c1-17(10-11-5-2-3-8-18-11)14-7-4-6-13(15)12(14)9-16/h4,6-7,11H,2-3,5,8-10,16H2,1H3. The highest BCUT2D eigenvalue weighted by Gasteiger charge is 2.17. The van der Waals surface area contributed by atoms with Gasteiger partial charge in [-0.2, -0.15) is 0 Å². The third-order valence-corrected chi connectivity index (χ3v) is 4.20. The molecule has 4 heteroatoms. The average Bonchev–Trinajstić information content (AvgIpc) is 2.39. The molecule has 1 aromatic rings. The lowest BCUT2D eigenvalue weighted by Crippen LogP contribution is -2.34. The van der Waals surface area contributed by atoms with Crippen LogP contribution in [-0.2, 0) is 11.3 Å². The van der Waals surface area contributed by atoms with Crippen molar-refractivity contribution in [3.05, 3.63) is 28.2 Å². The van der Waals surface area contributed by atoms with Crippen molar-refractivity contribution in [2.75, 3.05) is 25.1 Å². The quantitative estimate of drug-likeness (QED) is 0.929. The van der Waals surface area contributed by atoms with Crippen molar-refractivity contribution in [3.63, 3.8) is 0 Å². The molecule has 1 unspecified atom stereocenters. The lowest BCUT2D eigenvalue weighted by Gasteiger charge is -2.30. The fourth-order valence-corrected chi connectivity index (χ4v) is 2.98. The highest BCUT2D eigenvalue weighted by molar-refractivity contribution is 9.10. The fourth-order valence-electron chi connectivity index (χ4n) is 2.46. The molecule has 0 saturated carbocycles. The Morgan fingerprint density at radius 2 is 2.28 bits per heavy atom. The van der Waals surface area contributed by atoms with Crippen molar-refractivity contribution in [2.24, 2.45) is 5.73 Å². The van der Waals surface area contributed by atoms with E-state index in [1.54, 1.807) is 0 Å². The molecule has 1 saturated heterocycles. The summed E-state index contributed by atoms with van der Waals surface area (Å²) in [6, 6.07) is 6.21. The third-order valence-electron chi connectivity index (χ3n) is 3.46. The number of benzene rings is 1. The topological polar surface area (TPSA) is 38.5 Å². The van der Waals surface area contributed by atoms with E-state index in [0.717, 1.165) is 29.6 Å². The van der Waals surface area contributed by atoms with E-state index < -0.39 is 0 Å². The second-order valence-corrected chi connectivity index (χ2v) is 5.67. The first kappa shape index (κ1) is 13.8. The average molecular weight is 313 g/mol. The number of rotatable bonds is 4. The summed E-state index contributed by atoms with van der Waals surface area (Å²) in [6.45, 7) is 2.39. The summed E-state index contributed by atoms with van der Waals surface area (Å²) in [4.78, 5) is 2.25. The van der Waals surface area contributed by atoms with Crippen molar-refractivity contribution in [2.45, 2.75) is 31.9 Å². The van der Waals surface area contributed by atoms with Crippen LogP contribution in [0, 0.1) is 0 Å². The summed E-state index contributed by atoms with van der Waals surface area (Å²) in [7, 11) is 2.11. The van der Waals surface area contributed by atoms with Crippen LogP contribution in [0.1, 0.15) is 24.8 Å². The van der Waals surface area contributed by atoms with Crippen molar-refractivity contribution in [3.8, 4) is 0 Å². The number of likely N-dealkylation sites (N-methyl/N-ethyl adjacent to an activating group) is 1. The Labute approximate surface area is 117 Å². The number of hydrogen-bond donors (Lipinski definition) is 1. The van der Waals surface area contributed by atoms with Crippen molar-refractivity contribution < 1.29 is 4.74 Å². The summed E-state index contributed by atoms with van der Waals surface area (Å²) in [5.41, 5.74) is 8.19. The minimum Gasteiger partial charge on any atom is -0.376 e. The van der Waals surface area contributed by atoms with E-state index in [9.17, 15) is 0 Å². The van der Waals surface area contributed by atoms with Gasteiger partial charge in [-0.05, 0) is 31.4 Å². The van der Waals surface area contributed by atoms with E-state index in [4.69, 9.17) is 10.5 Å². The highest BCUT2D eigenvalue weighted by Crippen LogP contribution is 2.27. The lowest BCUT2D eigenvalue weighted by molar-refractivity contribution is 0.0216. The van der Waals surface area contributed by atoms with E-state index >= 15 is 0 Å². The molecule has 1 atom stereocenters. The molecule has 100 valence electrons. The van der Waals surface area contributed by atoms with Crippen LogP contribution in [0.2, 0.25) is 0 Å². The van der Waals surface area contributed by atoms with Gasteiger partial charge in [0.05, 0.1) is 6.10 Å². The van der Waals surface area contributed by atoms with Crippen LogP contribution in [0.3, 0.4) is 0 Å². The Kier molecular flexibility index (Phi) is 5.03. The van der Waals surface area contributed by atoms with Gasteiger partial charge < -0.3 is 15.4 Å². The van der Waals surface area contributed by atoms with Gasteiger partial charge in [-0.15, -0.1) is 0 Å². The van der Waals surface area contributed by atoms with Crippen LogP contribution >= 0.6 is 15.9 Å². The zero-order valence-electron chi connectivity index (χ0n) is 10.9. The molecule has 0 aromatic heterocycles. The fraction of sp³-hybridized carbons (Fsp3) is 0.571. The minimum atomic E-state index is 0.355. The molecular weight excluding hydrogens is 292 g/mol. The molecule has 1 fully saturated rings. The predicted molar refractivity (Wildman–Crippen MR) is 78.9 cm³/mol. The molecule has 2 N–H and O–H groups in total. The number of nitrogens with zero attached hydrogens (tertiary/aromatic N) is 1. The number of nitrogens with two attached hydrogens (primary N) is 1. The maximum Gasteiger partial charge on any atom is 0.0749 e. The summed E-state index contributed by atoms with van der Waals surface area (Å²) < 4.78 is 6.87. The van der Waals surface area contributed by atoms with Gasteiger partial charge in [-0.25, -0.2) is 0 Å². The van der Waals surface area contributed by atoms with E-state index in [1.807, 2.05) is 6.07 Å². The normalized spacial score (nSPS) is 19.8. The van der Waals surface area contributed by atoms with Crippen molar-refractivity contribution in [1.29, 1.82) is 0 Å². The zero-order valence-corrected chi connectivity index (χ0v) is 12.4. The molecule has 1 aromatic carbocycles. The largest absolute Gasteiger partial charge is 0.376 e. The van der Waals surface area contributed by atoms with Gasteiger partial charge in [0.1, 0.15) is 0 Å². The Bertz CT molecular complexity index is 391. The molecule has 3 nitrogen and oxygen atoms in total. The minimum absolute atomic E-state index is 0.355. The van der Waals surface area contributed by atoms with Crippen LogP contribution in [0.5, 0.6) is 0 Å². The number of anilines is 1. The summed E-state index contributed by atoms with van der Waals surface area (Å²) in [5.74, 6) is 0. The maximum atomic E-state index is 5.83. The van der Waals surface area contributed by atoms with Gasteiger partial charge in [-0.1, -0.05) is 22.0 Å². The second kappa shape index (κ2) is 6.55. The highest BCUT2D eigenvalue weighted by atomic mass is 79.9. The van der Waals surface area contributed by atoms with Gasteiger partial charge in [0, 0.05) is 42.5 Å². The number of halogens is 1. The molecule has 0 spiro atoms. The first-order valence-corrected chi connectivity index (χ1v) is 7.32. The van der Waals surface area contributed by atoms with E-state index in [1.165, 1.54) is 18.5 Å². The molecule has 1 heterocycles. The first-order chi connectivity index (χ1) is 8.72. The Morgan fingerprint density at radius 3 is 2.94 bits per heavy atom. The Hall–Kier alpha value is -0.580. The number of hydrogen-bond acceptors (Lipinski definition) is 3. The van der Waals surface area contributed by atoms with Crippen LogP contribution < -0.4 is 10.6 Å². The first-order valence-electron chi connectivity index (χ1n) is 6.52. The monoisotopic (exact) mass is 312 g/mol. The molecule has 0 radical (unpaired) electrons. The van der Waals surface area contributed by atoms with Crippen LogP contribution in [0.15, 0.2) is 22.7 Å². The molecule has 1 aliphatic heterocycles. The van der Waals surface area contributed by atoms with Crippen LogP contribution in [0.4, 0.5) is 5.69 Å². The van der Waals surface area contributed by atoms with Crippen LogP contribution in [0.25, 0.3) is 0 Å². The molecular formula is C14H21BrN2O. The lowest BCUT2D eigenvalue weighted by atomic mass is 10.1. The predicted octanol–water partition coefficient (Wildman–Crippen LogP) is 2.91. The van der Waals surface area contributed by atoms with Gasteiger partial charge in [0.15, 0.2) is 0 Å². The molecule has 0 amide bonds.